The molecule has 0 saturated heterocycles. The summed E-state index contributed by atoms with van der Waals surface area (Å²) in [5.41, 5.74) is 1.46. The van der Waals surface area contributed by atoms with E-state index in [0.717, 1.165) is 5.56 Å². The van der Waals surface area contributed by atoms with Gasteiger partial charge in [-0.3, -0.25) is 0 Å². The van der Waals surface area contributed by atoms with Crippen LogP contribution in [0.3, 0.4) is 0 Å². The highest BCUT2D eigenvalue weighted by Crippen LogP contribution is 2.03. The van der Waals surface area contributed by atoms with Gasteiger partial charge in [-0.15, -0.1) is 0 Å². The summed E-state index contributed by atoms with van der Waals surface area (Å²) in [6, 6.07) is 0. The molecule has 60 valence electrons. The van der Waals surface area contributed by atoms with Gasteiger partial charge in [0.2, 0.25) is 0 Å². The molecule has 0 radical (unpaired) electrons. The molecule has 0 bridgehead atoms. The van der Waals surface area contributed by atoms with E-state index in [-0.39, 0.29) is 6.54 Å². The lowest BCUT2D eigenvalue weighted by Gasteiger charge is -1.95. The Bertz CT molecular complexity index is 256. The summed E-state index contributed by atoms with van der Waals surface area (Å²) in [6.07, 6.45) is 0.372. The molecule has 0 aromatic carbocycles. The van der Waals surface area contributed by atoms with Gasteiger partial charge in [-0.25, -0.2) is 4.79 Å². The van der Waals surface area contributed by atoms with Crippen LogP contribution in [0.5, 0.6) is 0 Å². The number of aromatic nitrogens is 1. The Labute approximate surface area is 63.0 Å². The number of nitrogens with zero attached hydrogens (tertiary/aromatic N) is 1. The average molecular weight is 156 g/mol. The molecule has 1 rings (SSSR count). The number of carboxylic acid groups (broad SMARTS) is 1. The zero-order chi connectivity index (χ0) is 8.27. The number of hydrogen-bond acceptors (Lipinski definition) is 3. The van der Waals surface area contributed by atoms with Gasteiger partial charge < -0.3 is 14.9 Å². The molecule has 0 aliphatic carbocycles. The van der Waals surface area contributed by atoms with Crippen LogP contribution in [0.1, 0.15) is 11.3 Å². The monoisotopic (exact) mass is 156 g/mol. The molecule has 1 heterocycles. The van der Waals surface area contributed by atoms with Crippen LogP contribution in [0, 0.1) is 6.92 Å². The van der Waals surface area contributed by atoms with E-state index < -0.39 is 6.09 Å². The van der Waals surface area contributed by atoms with Gasteiger partial charge in [0.1, 0.15) is 6.26 Å². The topological polar surface area (TPSA) is 75.4 Å². The second kappa shape index (κ2) is 3.05. The normalized spacial score (nSPS) is 9.55. The van der Waals surface area contributed by atoms with Gasteiger partial charge >= 0.3 is 6.09 Å². The summed E-state index contributed by atoms with van der Waals surface area (Å²) in [5.74, 6) is 0. The average Bonchev–Trinajstić information content (AvgIpc) is 2.31. The van der Waals surface area contributed by atoms with Gasteiger partial charge in [0, 0.05) is 5.56 Å². The minimum Gasteiger partial charge on any atom is -0.465 e. The van der Waals surface area contributed by atoms with Crippen molar-refractivity contribution in [2.75, 3.05) is 0 Å². The van der Waals surface area contributed by atoms with E-state index in [1.165, 1.54) is 6.26 Å². The molecule has 11 heavy (non-hydrogen) atoms. The molecule has 0 saturated carbocycles. The fourth-order valence-electron chi connectivity index (χ4n) is 0.653. The van der Waals surface area contributed by atoms with Crippen molar-refractivity contribution in [2.24, 2.45) is 0 Å². The molecule has 0 aliphatic rings. The summed E-state index contributed by atoms with van der Waals surface area (Å²) >= 11 is 0. The molecule has 1 aromatic heterocycles. The second-order valence-electron chi connectivity index (χ2n) is 2.08. The molecule has 0 unspecified atom stereocenters. The van der Waals surface area contributed by atoms with Crippen LogP contribution < -0.4 is 5.32 Å². The fourth-order valence-corrected chi connectivity index (χ4v) is 0.653. The maximum Gasteiger partial charge on any atom is 0.404 e. The minimum atomic E-state index is -1.05. The Hall–Kier alpha value is -1.52. The Kier molecular flexibility index (Phi) is 2.10. The summed E-state index contributed by atoms with van der Waals surface area (Å²) in [6.45, 7) is 1.99. The lowest BCUT2D eigenvalue weighted by atomic mass is 10.3. The number of rotatable bonds is 2. The van der Waals surface area contributed by atoms with Crippen molar-refractivity contribution in [1.29, 1.82) is 0 Å². The van der Waals surface area contributed by atoms with Crippen molar-refractivity contribution in [3.8, 4) is 0 Å². The van der Waals surface area contributed by atoms with Crippen LogP contribution >= 0.6 is 0 Å². The summed E-state index contributed by atoms with van der Waals surface area (Å²) in [7, 11) is 0. The SMILES string of the molecule is Cc1nocc1CNC(=O)O. The zero-order valence-electron chi connectivity index (χ0n) is 6.00. The zero-order valence-corrected chi connectivity index (χ0v) is 6.00. The third-order valence-electron chi connectivity index (χ3n) is 1.28. The highest BCUT2D eigenvalue weighted by atomic mass is 16.5. The molecule has 5 nitrogen and oxygen atoms in total. The van der Waals surface area contributed by atoms with Crippen LogP contribution in [0.25, 0.3) is 0 Å². The van der Waals surface area contributed by atoms with Crippen LogP contribution in [0.15, 0.2) is 10.8 Å². The number of amides is 1. The molecule has 5 heteroatoms. The lowest BCUT2D eigenvalue weighted by Crippen LogP contribution is -2.19. The quantitative estimate of drug-likeness (QED) is 0.662. The highest BCUT2D eigenvalue weighted by molar-refractivity contribution is 5.64. The van der Waals surface area contributed by atoms with Crippen molar-refractivity contribution in [3.05, 3.63) is 17.5 Å². The molecule has 0 fully saturated rings. The van der Waals surface area contributed by atoms with E-state index in [1.54, 1.807) is 6.92 Å². The standard InChI is InChI=1S/C6H8N2O3/c1-4-5(3-11-8-4)2-7-6(9)10/h3,7H,2H2,1H3,(H,9,10). The van der Waals surface area contributed by atoms with Gasteiger partial charge in [-0.2, -0.15) is 0 Å². The van der Waals surface area contributed by atoms with Crippen molar-refractivity contribution in [3.63, 3.8) is 0 Å². The third kappa shape index (κ3) is 1.96. The Morgan fingerprint density at radius 2 is 2.64 bits per heavy atom. The van der Waals surface area contributed by atoms with E-state index in [2.05, 4.69) is 15.0 Å². The third-order valence-corrected chi connectivity index (χ3v) is 1.28. The summed E-state index contributed by atoms with van der Waals surface area (Å²) in [5, 5.41) is 14.0. The highest BCUT2D eigenvalue weighted by Gasteiger charge is 2.02. The van der Waals surface area contributed by atoms with Gasteiger partial charge in [-0.1, -0.05) is 5.16 Å². The van der Waals surface area contributed by atoms with Crippen molar-refractivity contribution in [2.45, 2.75) is 13.5 Å². The lowest BCUT2D eigenvalue weighted by molar-refractivity contribution is 0.194. The smallest absolute Gasteiger partial charge is 0.404 e. The van der Waals surface area contributed by atoms with E-state index in [0.29, 0.717) is 5.69 Å². The molecule has 0 spiro atoms. The van der Waals surface area contributed by atoms with Crippen LogP contribution in [0.2, 0.25) is 0 Å². The van der Waals surface area contributed by atoms with Crippen molar-refractivity contribution in [1.82, 2.24) is 10.5 Å². The van der Waals surface area contributed by atoms with Crippen LogP contribution in [-0.4, -0.2) is 16.4 Å². The Morgan fingerprint density at radius 3 is 3.09 bits per heavy atom. The largest absolute Gasteiger partial charge is 0.465 e. The Balaban J connectivity index is 2.51. The van der Waals surface area contributed by atoms with Gasteiger partial charge in [-0.05, 0) is 6.92 Å². The molecular weight excluding hydrogens is 148 g/mol. The van der Waals surface area contributed by atoms with E-state index in [1.807, 2.05) is 0 Å². The first kappa shape index (κ1) is 7.59. The van der Waals surface area contributed by atoms with Crippen LogP contribution in [-0.2, 0) is 6.54 Å². The molecule has 0 aliphatic heterocycles. The molecule has 1 aromatic rings. The van der Waals surface area contributed by atoms with E-state index in [9.17, 15) is 4.79 Å². The maximum absolute atomic E-state index is 10.0. The first-order valence-electron chi connectivity index (χ1n) is 3.07. The molecule has 0 atom stereocenters. The molecular formula is C6H8N2O3. The maximum atomic E-state index is 10.0. The first-order chi connectivity index (χ1) is 5.20. The predicted molar refractivity (Wildman–Crippen MR) is 36.1 cm³/mol. The van der Waals surface area contributed by atoms with Gasteiger partial charge in [0.15, 0.2) is 0 Å². The predicted octanol–water partition coefficient (Wildman–Crippen LogP) is 0.751. The second-order valence-corrected chi connectivity index (χ2v) is 2.08. The summed E-state index contributed by atoms with van der Waals surface area (Å²) in [4.78, 5) is 10.0. The van der Waals surface area contributed by atoms with Crippen molar-refractivity contribution >= 4 is 6.09 Å². The van der Waals surface area contributed by atoms with E-state index in [4.69, 9.17) is 5.11 Å². The van der Waals surface area contributed by atoms with Crippen LogP contribution in [0.4, 0.5) is 4.79 Å². The number of hydrogen-bond donors (Lipinski definition) is 2. The van der Waals surface area contributed by atoms with E-state index >= 15 is 0 Å². The fraction of sp³-hybridized carbons (Fsp3) is 0.333. The molecule has 2 N–H and O–H groups in total. The first-order valence-corrected chi connectivity index (χ1v) is 3.07. The Morgan fingerprint density at radius 1 is 1.91 bits per heavy atom. The summed E-state index contributed by atoms with van der Waals surface area (Å²) < 4.78 is 4.59. The number of nitrogens with one attached hydrogen (secondary N) is 1. The van der Waals surface area contributed by atoms with Crippen molar-refractivity contribution < 1.29 is 14.4 Å². The van der Waals surface area contributed by atoms with Gasteiger partial charge in [0.05, 0.1) is 12.2 Å². The van der Waals surface area contributed by atoms with Gasteiger partial charge in [0.25, 0.3) is 0 Å². The number of carbonyl (C=O) groups is 1. The number of aryl methyl sites for hydroxylation is 1. The molecule has 1 amide bonds. The minimum absolute atomic E-state index is 0.241.